The fraction of sp³-hybridized carbons (Fsp3) is 0.533. The Labute approximate surface area is 120 Å². The van der Waals surface area contributed by atoms with Gasteiger partial charge >= 0.3 is 0 Å². The number of fused-ring (bicyclic) bond motifs is 1. The fourth-order valence-electron chi connectivity index (χ4n) is 2.17. The highest BCUT2D eigenvalue weighted by Gasteiger charge is 2.20. The molecule has 0 radical (unpaired) electrons. The van der Waals surface area contributed by atoms with Crippen molar-refractivity contribution in [2.75, 3.05) is 34.4 Å². The summed E-state index contributed by atoms with van der Waals surface area (Å²) in [5.41, 5.74) is 1.11. The van der Waals surface area contributed by atoms with E-state index >= 15 is 0 Å². The normalized spacial score (nSPS) is 15.1. The van der Waals surface area contributed by atoms with Gasteiger partial charge in [0.25, 0.3) is 0 Å². The van der Waals surface area contributed by atoms with Crippen LogP contribution in [0.15, 0.2) is 18.2 Å². The van der Waals surface area contributed by atoms with E-state index in [2.05, 4.69) is 0 Å². The predicted molar refractivity (Wildman–Crippen MR) is 77.1 cm³/mol. The molecule has 0 spiro atoms. The third kappa shape index (κ3) is 3.22. The van der Waals surface area contributed by atoms with Crippen LogP contribution in [0, 0.1) is 0 Å². The Kier molecular flexibility index (Phi) is 4.49. The second-order valence-corrected chi connectivity index (χ2v) is 5.30. The number of carbonyl (C=O) groups is 1. The summed E-state index contributed by atoms with van der Waals surface area (Å²) >= 11 is 0. The lowest BCUT2D eigenvalue weighted by Gasteiger charge is -2.27. The smallest absolute Gasteiger partial charge is 0.239 e. The number of hydrogen-bond acceptors (Lipinski definition) is 4. The van der Waals surface area contributed by atoms with Gasteiger partial charge in [-0.05, 0) is 31.7 Å². The molecule has 1 aliphatic heterocycles. The van der Waals surface area contributed by atoms with E-state index in [1.54, 1.807) is 19.0 Å². The van der Waals surface area contributed by atoms with Gasteiger partial charge in [-0.2, -0.15) is 0 Å². The highest BCUT2D eigenvalue weighted by Crippen LogP contribution is 2.31. The molecule has 1 amide bonds. The first-order chi connectivity index (χ1) is 9.49. The van der Waals surface area contributed by atoms with Crippen molar-refractivity contribution in [3.8, 4) is 11.5 Å². The Morgan fingerprint density at radius 3 is 2.50 bits per heavy atom. The number of nitrogens with zero attached hydrogens (tertiary/aromatic N) is 2. The molecule has 0 saturated heterocycles. The Balaban J connectivity index is 2.04. The van der Waals surface area contributed by atoms with Gasteiger partial charge < -0.3 is 14.4 Å². The first-order valence-electron chi connectivity index (χ1n) is 6.79. The Morgan fingerprint density at radius 2 is 1.85 bits per heavy atom. The van der Waals surface area contributed by atoms with Gasteiger partial charge in [-0.15, -0.1) is 0 Å². The number of amides is 1. The topological polar surface area (TPSA) is 42.0 Å². The molecule has 1 heterocycles. The molecule has 0 bridgehead atoms. The maximum atomic E-state index is 11.9. The van der Waals surface area contributed by atoms with Gasteiger partial charge in [0, 0.05) is 20.6 Å². The number of benzene rings is 1. The van der Waals surface area contributed by atoms with Crippen molar-refractivity contribution < 1.29 is 14.3 Å². The van der Waals surface area contributed by atoms with Crippen LogP contribution in [0.3, 0.4) is 0 Å². The minimum absolute atomic E-state index is 0.102. The van der Waals surface area contributed by atoms with Gasteiger partial charge in [0.1, 0.15) is 13.2 Å². The lowest BCUT2D eigenvalue weighted by atomic mass is 10.1. The van der Waals surface area contributed by atoms with Crippen molar-refractivity contribution >= 4 is 5.91 Å². The Bertz CT molecular complexity index is 488. The van der Waals surface area contributed by atoms with Gasteiger partial charge in [-0.25, -0.2) is 0 Å². The molecule has 0 N–H and O–H groups in total. The summed E-state index contributed by atoms with van der Waals surface area (Å²) in [6.45, 7) is 3.79. The average Bonchev–Trinajstić information content (AvgIpc) is 2.45. The summed E-state index contributed by atoms with van der Waals surface area (Å²) in [5, 5.41) is 0. The van der Waals surface area contributed by atoms with Crippen LogP contribution in [-0.4, -0.2) is 56.1 Å². The molecule has 1 aliphatic rings. The molecule has 0 aromatic heterocycles. The van der Waals surface area contributed by atoms with Crippen LogP contribution in [0.2, 0.25) is 0 Å². The zero-order chi connectivity index (χ0) is 14.7. The molecular formula is C15H22N2O3. The largest absolute Gasteiger partial charge is 0.486 e. The number of ether oxygens (including phenoxy) is 2. The van der Waals surface area contributed by atoms with Crippen molar-refractivity contribution in [1.29, 1.82) is 0 Å². The molecule has 1 atom stereocenters. The van der Waals surface area contributed by atoms with Crippen LogP contribution in [0.1, 0.15) is 12.5 Å². The predicted octanol–water partition coefficient (Wildman–Crippen LogP) is 1.37. The third-order valence-corrected chi connectivity index (χ3v) is 3.50. The summed E-state index contributed by atoms with van der Waals surface area (Å²) in [4.78, 5) is 15.6. The number of carbonyl (C=O) groups excluding carboxylic acids is 1. The molecule has 1 unspecified atom stereocenters. The number of rotatable bonds is 4. The maximum absolute atomic E-state index is 11.9. The van der Waals surface area contributed by atoms with E-state index in [1.165, 1.54) is 0 Å². The van der Waals surface area contributed by atoms with Crippen molar-refractivity contribution in [3.05, 3.63) is 23.8 Å². The zero-order valence-electron chi connectivity index (χ0n) is 12.5. The van der Waals surface area contributed by atoms with Crippen LogP contribution in [0.4, 0.5) is 0 Å². The van der Waals surface area contributed by atoms with Crippen LogP contribution in [0.25, 0.3) is 0 Å². The lowest BCUT2D eigenvalue weighted by Crippen LogP contribution is -2.42. The molecule has 5 nitrogen and oxygen atoms in total. The summed E-state index contributed by atoms with van der Waals surface area (Å²) in [6.07, 6.45) is 0. The second kappa shape index (κ2) is 6.13. The van der Waals surface area contributed by atoms with Crippen LogP contribution < -0.4 is 9.47 Å². The van der Waals surface area contributed by atoms with Gasteiger partial charge in [0.05, 0.1) is 6.04 Å². The standard InChI is InChI=1S/C15H22N2O3/c1-11(15(18)16(2)3)17(4)10-12-5-6-13-14(9-12)20-8-7-19-13/h5-6,9,11H,7-8,10H2,1-4H3. The summed E-state index contributed by atoms with van der Waals surface area (Å²) in [5.74, 6) is 1.68. The minimum atomic E-state index is -0.154. The molecule has 110 valence electrons. The minimum Gasteiger partial charge on any atom is -0.486 e. The highest BCUT2D eigenvalue weighted by atomic mass is 16.6. The molecule has 0 aliphatic carbocycles. The quantitative estimate of drug-likeness (QED) is 0.834. The number of likely N-dealkylation sites (N-methyl/N-ethyl adjacent to an activating group) is 2. The fourth-order valence-corrected chi connectivity index (χ4v) is 2.17. The van der Waals surface area contributed by atoms with E-state index < -0.39 is 0 Å². The van der Waals surface area contributed by atoms with Crippen LogP contribution >= 0.6 is 0 Å². The van der Waals surface area contributed by atoms with Crippen molar-refractivity contribution in [2.45, 2.75) is 19.5 Å². The first-order valence-corrected chi connectivity index (χ1v) is 6.79. The summed E-state index contributed by atoms with van der Waals surface area (Å²) in [6, 6.07) is 5.77. The second-order valence-electron chi connectivity index (χ2n) is 5.30. The Hall–Kier alpha value is -1.75. The van der Waals surface area contributed by atoms with Crippen LogP contribution in [-0.2, 0) is 11.3 Å². The van der Waals surface area contributed by atoms with E-state index in [0.717, 1.165) is 17.1 Å². The Morgan fingerprint density at radius 1 is 1.20 bits per heavy atom. The van der Waals surface area contributed by atoms with E-state index in [0.29, 0.717) is 19.8 Å². The molecule has 1 aromatic rings. The maximum Gasteiger partial charge on any atom is 0.239 e. The lowest BCUT2D eigenvalue weighted by molar-refractivity contribution is -0.133. The SMILES string of the molecule is CC(C(=O)N(C)C)N(C)Cc1ccc2c(c1)OCCO2. The number of hydrogen-bond donors (Lipinski definition) is 0. The van der Waals surface area contributed by atoms with Crippen molar-refractivity contribution in [1.82, 2.24) is 9.80 Å². The van der Waals surface area contributed by atoms with E-state index in [4.69, 9.17) is 9.47 Å². The molecule has 20 heavy (non-hydrogen) atoms. The van der Waals surface area contributed by atoms with Crippen molar-refractivity contribution in [3.63, 3.8) is 0 Å². The summed E-state index contributed by atoms with van der Waals surface area (Å²) in [7, 11) is 5.50. The first kappa shape index (κ1) is 14.7. The monoisotopic (exact) mass is 278 g/mol. The highest BCUT2D eigenvalue weighted by molar-refractivity contribution is 5.80. The molecular weight excluding hydrogens is 256 g/mol. The average molecular weight is 278 g/mol. The van der Waals surface area contributed by atoms with Crippen molar-refractivity contribution in [2.24, 2.45) is 0 Å². The van der Waals surface area contributed by atoms with E-state index in [9.17, 15) is 4.79 Å². The molecule has 1 aromatic carbocycles. The summed E-state index contributed by atoms with van der Waals surface area (Å²) < 4.78 is 11.1. The van der Waals surface area contributed by atoms with Gasteiger partial charge in [0.15, 0.2) is 11.5 Å². The third-order valence-electron chi connectivity index (χ3n) is 3.50. The van der Waals surface area contributed by atoms with Gasteiger partial charge in [-0.1, -0.05) is 6.07 Å². The molecule has 2 rings (SSSR count). The van der Waals surface area contributed by atoms with Gasteiger partial charge in [0.2, 0.25) is 5.91 Å². The molecule has 0 fully saturated rings. The van der Waals surface area contributed by atoms with Gasteiger partial charge in [-0.3, -0.25) is 9.69 Å². The van der Waals surface area contributed by atoms with E-state index in [-0.39, 0.29) is 11.9 Å². The zero-order valence-corrected chi connectivity index (χ0v) is 12.5. The van der Waals surface area contributed by atoms with Crippen LogP contribution in [0.5, 0.6) is 11.5 Å². The molecule has 5 heteroatoms. The van der Waals surface area contributed by atoms with E-state index in [1.807, 2.05) is 37.1 Å². The molecule has 0 saturated carbocycles.